The molecule has 0 aromatic heterocycles. The average molecular weight is 1180 g/mol. The predicted molar refractivity (Wildman–Crippen MR) is 390 cm³/mol. The van der Waals surface area contributed by atoms with Crippen LogP contribution >= 0.6 is 0 Å². The lowest BCUT2D eigenvalue weighted by molar-refractivity contribution is 0.488. The Balaban J connectivity index is 1.10. The Kier molecular flexibility index (Phi) is 13.5. The molecule has 0 amide bonds. The van der Waals surface area contributed by atoms with Gasteiger partial charge in [-0.1, -0.05) is 218 Å². The molecule has 450 valence electrons. The second-order valence-electron chi connectivity index (χ2n) is 31.8. The van der Waals surface area contributed by atoms with Gasteiger partial charge in [-0.05, 0) is 222 Å². The topological polar surface area (TPSA) is 19.0 Å². The molecule has 10 aromatic rings. The highest BCUT2D eigenvalue weighted by Gasteiger charge is 2.49. The van der Waals surface area contributed by atoms with E-state index >= 15 is 0 Å². The van der Waals surface area contributed by atoms with E-state index in [2.05, 4.69) is 328 Å². The number of hydrogen-bond acceptors (Lipinski definition) is 4. The van der Waals surface area contributed by atoms with Gasteiger partial charge in [-0.25, -0.2) is 0 Å². The normalized spacial score (nSPS) is 14.1. The first-order valence-electron chi connectivity index (χ1n) is 32.8. The SMILES string of the molecule is Cc1ccc(-c2cc3c4c(c2)N(c2ccc(C(C)(C)C)cc2)c2ccc(C(C)(C)C)cc2B4c2cc4c(cc2O3)N(c2ccc(C(C)(C)C)cc2)c2cc(-c3ccc(C)cc3C)cc3c2B4c2cc(C(C)(C)C)ccc2N3c2ccc(C(C)(C)C)cc2)c(C)c1. The van der Waals surface area contributed by atoms with E-state index in [0.717, 1.165) is 45.5 Å². The van der Waals surface area contributed by atoms with Crippen molar-refractivity contribution in [3.63, 3.8) is 0 Å². The van der Waals surface area contributed by atoms with Gasteiger partial charge in [0.25, 0.3) is 13.4 Å². The van der Waals surface area contributed by atoms with Crippen molar-refractivity contribution in [2.24, 2.45) is 0 Å². The number of hydrogen-bond donors (Lipinski definition) is 0. The zero-order valence-corrected chi connectivity index (χ0v) is 56.7. The maximum absolute atomic E-state index is 7.82. The number of benzene rings is 10. The van der Waals surface area contributed by atoms with Crippen LogP contribution in [-0.2, 0) is 27.1 Å². The lowest BCUT2D eigenvalue weighted by atomic mass is 9.30. The molecule has 4 aliphatic heterocycles. The second-order valence-corrected chi connectivity index (χ2v) is 31.8. The minimum atomic E-state index is -0.159. The molecule has 4 heterocycles. The largest absolute Gasteiger partial charge is 0.458 e. The summed E-state index contributed by atoms with van der Waals surface area (Å²) in [5.74, 6) is 1.78. The Hall–Kier alpha value is -8.47. The first kappa shape index (κ1) is 59.2. The molecule has 0 aliphatic carbocycles. The maximum Gasteiger partial charge on any atom is 0.256 e. The minimum Gasteiger partial charge on any atom is -0.458 e. The van der Waals surface area contributed by atoms with Gasteiger partial charge in [0.15, 0.2) is 0 Å². The number of aryl methyl sites for hydroxylation is 4. The Morgan fingerprint density at radius 1 is 0.278 bits per heavy atom. The van der Waals surface area contributed by atoms with Crippen molar-refractivity contribution in [3.05, 3.63) is 232 Å². The van der Waals surface area contributed by atoms with E-state index in [4.69, 9.17) is 4.74 Å². The van der Waals surface area contributed by atoms with Crippen molar-refractivity contribution >= 4 is 97.4 Å². The van der Waals surface area contributed by atoms with E-state index in [0.29, 0.717) is 0 Å². The highest BCUT2D eigenvalue weighted by atomic mass is 16.5. The number of fused-ring (bicyclic) bond motifs is 8. The molecule has 0 spiro atoms. The molecular formula is C84H87B2N3O. The fraction of sp³-hybridized carbons (Fsp3) is 0.286. The molecule has 0 N–H and O–H groups in total. The van der Waals surface area contributed by atoms with Crippen LogP contribution in [0.15, 0.2) is 182 Å². The quantitative estimate of drug-likeness (QED) is 0.160. The van der Waals surface area contributed by atoms with Crippen LogP contribution in [0.5, 0.6) is 11.5 Å². The molecule has 0 bridgehead atoms. The first-order chi connectivity index (χ1) is 42.4. The molecule has 0 radical (unpaired) electrons. The summed E-state index contributed by atoms with van der Waals surface area (Å²) >= 11 is 0. The predicted octanol–water partition coefficient (Wildman–Crippen LogP) is 19.2. The Morgan fingerprint density at radius 2 is 0.622 bits per heavy atom. The van der Waals surface area contributed by atoms with Crippen LogP contribution in [0.1, 0.15) is 154 Å². The number of nitrogens with zero attached hydrogens (tertiary/aromatic N) is 3. The van der Waals surface area contributed by atoms with Crippen LogP contribution in [-0.4, -0.2) is 13.4 Å². The van der Waals surface area contributed by atoms with Crippen molar-refractivity contribution in [2.45, 2.75) is 159 Å². The van der Waals surface area contributed by atoms with E-state index in [1.54, 1.807) is 0 Å². The highest BCUT2D eigenvalue weighted by Crippen LogP contribution is 2.50. The summed E-state index contributed by atoms with van der Waals surface area (Å²) in [6, 6.07) is 71.6. The number of rotatable bonds is 5. The van der Waals surface area contributed by atoms with Gasteiger partial charge >= 0.3 is 0 Å². The molecule has 0 saturated heterocycles. The van der Waals surface area contributed by atoms with Crippen molar-refractivity contribution in [1.82, 2.24) is 0 Å². The van der Waals surface area contributed by atoms with Crippen LogP contribution < -0.4 is 52.2 Å². The van der Waals surface area contributed by atoms with E-state index in [1.165, 1.54) is 122 Å². The minimum absolute atomic E-state index is 0.00207. The maximum atomic E-state index is 7.82. The Labute approximate surface area is 538 Å². The smallest absolute Gasteiger partial charge is 0.256 e. The monoisotopic (exact) mass is 1180 g/mol. The van der Waals surface area contributed by atoms with Gasteiger partial charge < -0.3 is 19.4 Å². The summed E-state index contributed by atoms with van der Waals surface area (Å²) in [6.45, 7) is 43.5. The number of anilines is 9. The van der Waals surface area contributed by atoms with E-state index in [-0.39, 0.29) is 40.5 Å². The summed E-state index contributed by atoms with van der Waals surface area (Å²) < 4.78 is 7.82. The Morgan fingerprint density at radius 3 is 1.01 bits per heavy atom. The first-order valence-corrected chi connectivity index (χ1v) is 32.8. The third-order valence-electron chi connectivity index (χ3n) is 20.0. The van der Waals surface area contributed by atoms with E-state index < -0.39 is 0 Å². The summed E-state index contributed by atoms with van der Waals surface area (Å²) in [4.78, 5) is 7.72. The molecule has 4 nitrogen and oxygen atoms in total. The zero-order chi connectivity index (χ0) is 63.6. The lowest BCUT2D eigenvalue weighted by Gasteiger charge is -2.46. The fourth-order valence-corrected chi connectivity index (χ4v) is 14.9. The zero-order valence-electron chi connectivity index (χ0n) is 56.7. The van der Waals surface area contributed by atoms with Gasteiger partial charge in [-0.2, -0.15) is 0 Å². The van der Waals surface area contributed by atoms with E-state index in [1.807, 2.05) is 0 Å². The summed E-state index contributed by atoms with van der Waals surface area (Å²) in [5.41, 5.74) is 34.0. The molecule has 6 heteroatoms. The van der Waals surface area contributed by atoms with Crippen LogP contribution in [0.4, 0.5) is 51.2 Å². The second kappa shape index (κ2) is 20.5. The van der Waals surface area contributed by atoms with Crippen molar-refractivity contribution in [2.75, 3.05) is 14.7 Å². The Bertz CT molecular complexity index is 4570. The highest BCUT2D eigenvalue weighted by molar-refractivity contribution is 7.02. The standard InChI is InChI=1S/C84H87B2N3O/c1-50-20-36-64(52(3)40-50)54-42-73-78-74(43-54)89(63-34-26-58(27-35-63)82(11,12)13)72-49-76-69(48-68(72)85(78)66-46-59(83(14,15)16)28-38-70(66)87(73)61-30-22-56(23-31-61)80(5,6)7)86-67-47-60(84(17,18)19)29-39-71(67)88(62-32-24-57(25-33-62)81(8,9)10)75-44-55(45-77(90-76)79(75)86)65-37-21-51(2)41-53(65)4/h20-49H,1-19H3. The third kappa shape index (κ3) is 9.82. The van der Waals surface area contributed by atoms with Crippen LogP contribution in [0, 0.1) is 27.7 Å². The fourth-order valence-electron chi connectivity index (χ4n) is 14.9. The van der Waals surface area contributed by atoms with Crippen LogP contribution in [0.25, 0.3) is 22.3 Å². The summed E-state index contributed by atoms with van der Waals surface area (Å²) in [7, 11) is 0. The van der Waals surface area contributed by atoms with Gasteiger partial charge in [0.2, 0.25) is 0 Å². The molecule has 0 atom stereocenters. The average Bonchev–Trinajstić information content (AvgIpc) is 0.694. The van der Waals surface area contributed by atoms with Crippen molar-refractivity contribution in [3.8, 4) is 33.8 Å². The van der Waals surface area contributed by atoms with Gasteiger partial charge in [-0.3, -0.25) is 0 Å². The van der Waals surface area contributed by atoms with Crippen molar-refractivity contribution < 1.29 is 4.74 Å². The van der Waals surface area contributed by atoms with Crippen LogP contribution in [0.2, 0.25) is 0 Å². The molecule has 10 aromatic carbocycles. The van der Waals surface area contributed by atoms with Gasteiger partial charge in [-0.15, -0.1) is 0 Å². The molecule has 90 heavy (non-hydrogen) atoms. The molecule has 4 aliphatic rings. The summed E-state index contributed by atoms with van der Waals surface area (Å²) in [5, 5.41) is 0. The molecule has 0 saturated carbocycles. The van der Waals surface area contributed by atoms with Gasteiger partial charge in [0, 0.05) is 57.3 Å². The third-order valence-corrected chi connectivity index (χ3v) is 20.0. The van der Waals surface area contributed by atoms with Crippen molar-refractivity contribution in [1.29, 1.82) is 0 Å². The number of ether oxygens (including phenoxy) is 1. The molecule has 0 unspecified atom stereocenters. The van der Waals surface area contributed by atoms with E-state index in [9.17, 15) is 0 Å². The molecule has 0 fully saturated rings. The van der Waals surface area contributed by atoms with Crippen LogP contribution in [0.3, 0.4) is 0 Å². The lowest BCUT2D eigenvalue weighted by Crippen LogP contribution is -2.64. The van der Waals surface area contributed by atoms with Gasteiger partial charge in [0.1, 0.15) is 11.5 Å². The van der Waals surface area contributed by atoms with Gasteiger partial charge in [0.05, 0.1) is 0 Å². The molecular weight excluding hydrogens is 1090 g/mol. The summed E-state index contributed by atoms with van der Waals surface area (Å²) in [6.07, 6.45) is 0. The molecule has 14 rings (SSSR count).